The van der Waals surface area contributed by atoms with Gasteiger partial charge in [-0.05, 0) is 60.4 Å². The number of methoxy groups -OCH3 is 3. The molecule has 3 rings (SSSR count). The van der Waals surface area contributed by atoms with Crippen LogP contribution in [0.15, 0.2) is 60.7 Å². The minimum Gasteiger partial charge on any atom is -0.493 e. The number of aromatic carboxylic acids is 1. The third kappa shape index (κ3) is 4.84. The van der Waals surface area contributed by atoms with Gasteiger partial charge in [0.2, 0.25) is 5.75 Å². The van der Waals surface area contributed by atoms with Crippen LogP contribution >= 0.6 is 0 Å². The Bertz CT molecular complexity index is 989. The third-order valence-electron chi connectivity index (χ3n) is 4.82. The predicted molar refractivity (Wildman–Crippen MR) is 117 cm³/mol. The van der Waals surface area contributed by atoms with Crippen molar-refractivity contribution < 1.29 is 24.1 Å². The van der Waals surface area contributed by atoms with Crippen molar-refractivity contribution in [2.24, 2.45) is 0 Å². The highest BCUT2D eigenvalue weighted by Crippen LogP contribution is 2.38. The maximum atomic E-state index is 11.4. The van der Waals surface area contributed by atoms with E-state index in [1.165, 1.54) is 5.56 Å². The first-order valence-corrected chi connectivity index (χ1v) is 9.53. The molecule has 0 aliphatic carbocycles. The van der Waals surface area contributed by atoms with E-state index in [1.54, 1.807) is 45.6 Å². The van der Waals surface area contributed by atoms with E-state index in [2.05, 4.69) is 5.32 Å². The third-order valence-corrected chi connectivity index (χ3v) is 4.82. The van der Waals surface area contributed by atoms with Gasteiger partial charge in [0.1, 0.15) is 0 Å². The van der Waals surface area contributed by atoms with E-state index in [0.29, 0.717) is 22.9 Å². The van der Waals surface area contributed by atoms with Gasteiger partial charge < -0.3 is 24.6 Å². The van der Waals surface area contributed by atoms with Crippen LogP contribution in [0.3, 0.4) is 0 Å². The fourth-order valence-electron chi connectivity index (χ4n) is 3.26. The van der Waals surface area contributed by atoms with Crippen LogP contribution in [0, 0.1) is 0 Å². The molecule has 0 saturated heterocycles. The Hall–Kier alpha value is -3.67. The van der Waals surface area contributed by atoms with Gasteiger partial charge in [0.25, 0.3) is 0 Å². The molecule has 0 bridgehead atoms. The van der Waals surface area contributed by atoms with Crippen LogP contribution in [-0.2, 0) is 12.8 Å². The molecule has 0 spiro atoms. The van der Waals surface area contributed by atoms with E-state index in [4.69, 9.17) is 14.2 Å². The fraction of sp³-hybridized carbons (Fsp3) is 0.208. The average molecular weight is 407 g/mol. The maximum Gasteiger partial charge on any atom is 0.337 e. The minimum absolute atomic E-state index is 0.240. The Morgan fingerprint density at radius 3 is 2.00 bits per heavy atom. The number of hydrogen-bond donors (Lipinski definition) is 2. The first-order valence-electron chi connectivity index (χ1n) is 9.53. The lowest BCUT2D eigenvalue weighted by molar-refractivity contribution is 0.0698. The first kappa shape index (κ1) is 21.0. The van der Waals surface area contributed by atoms with Crippen molar-refractivity contribution in [1.29, 1.82) is 0 Å². The molecule has 6 nitrogen and oxygen atoms in total. The van der Waals surface area contributed by atoms with Crippen LogP contribution in [0.4, 0.5) is 11.4 Å². The Morgan fingerprint density at radius 1 is 0.833 bits per heavy atom. The summed E-state index contributed by atoms with van der Waals surface area (Å²) in [6.45, 7) is 0. The molecule has 2 N–H and O–H groups in total. The molecule has 156 valence electrons. The molecule has 0 atom stereocenters. The number of anilines is 2. The Balaban J connectivity index is 1.69. The van der Waals surface area contributed by atoms with Crippen molar-refractivity contribution >= 4 is 17.3 Å². The van der Waals surface area contributed by atoms with Crippen molar-refractivity contribution in [2.45, 2.75) is 12.8 Å². The van der Waals surface area contributed by atoms with E-state index < -0.39 is 5.97 Å². The molecular formula is C24H25NO5. The SMILES string of the molecule is COc1cc(CCc2ccc(Nc3ccccc3C(=O)O)cc2)cc(OC)c1OC. The molecule has 6 heteroatoms. The van der Waals surface area contributed by atoms with Gasteiger partial charge in [-0.2, -0.15) is 0 Å². The zero-order valence-corrected chi connectivity index (χ0v) is 17.3. The number of carboxylic acid groups (broad SMARTS) is 1. The van der Waals surface area contributed by atoms with Gasteiger partial charge in [-0.25, -0.2) is 4.79 Å². The fourth-order valence-corrected chi connectivity index (χ4v) is 3.26. The summed E-state index contributed by atoms with van der Waals surface area (Å²) < 4.78 is 16.2. The van der Waals surface area contributed by atoms with Crippen molar-refractivity contribution in [3.8, 4) is 17.2 Å². The molecule has 0 amide bonds. The minimum atomic E-state index is -0.958. The smallest absolute Gasteiger partial charge is 0.337 e. The van der Waals surface area contributed by atoms with Crippen molar-refractivity contribution in [1.82, 2.24) is 0 Å². The Morgan fingerprint density at radius 2 is 1.43 bits per heavy atom. The van der Waals surface area contributed by atoms with Crippen LogP contribution in [-0.4, -0.2) is 32.4 Å². The van der Waals surface area contributed by atoms with Gasteiger partial charge in [0, 0.05) is 5.69 Å². The largest absolute Gasteiger partial charge is 0.493 e. The maximum absolute atomic E-state index is 11.4. The van der Waals surface area contributed by atoms with Crippen LogP contribution < -0.4 is 19.5 Å². The molecule has 0 saturated carbocycles. The quantitative estimate of drug-likeness (QED) is 0.523. The lowest BCUT2D eigenvalue weighted by atomic mass is 10.0. The summed E-state index contributed by atoms with van der Waals surface area (Å²) in [5.41, 5.74) is 3.89. The second-order valence-electron chi connectivity index (χ2n) is 6.71. The highest BCUT2D eigenvalue weighted by molar-refractivity contribution is 5.95. The van der Waals surface area contributed by atoms with E-state index in [9.17, 15) is 9.90 Å². The number of carboxylic acids is 1. The predicted octanol–water partition coefficient (Wildman–Crippen LogP) is 4.94. The molecule has 0 unspecified atom stereocenters. The summed E-state index contributed by atoms with van der Waals surface area (Å²) in [6.07, 6.45) is 1.65. The van der Waals surface area contributed by atoms with E-state index in [0.717, 1.165) is 24.1 Å². The molecule has 0 fully saturated rings. The van der Waals surface area contributed by atoms with Crippen molar-refractivity contribution in [3.05, 3.63) is 77.4 Å². The van der Waals surface area contributed by atoms with Crippen molar-refractivity contribution in [3.63, 3.8) is 0 Å². The molecular weight excluding hydrogens is 382 g/mol. The van der Waals surface area contributed by atoms with Gasteiger partial charge in [-0.1, -0.05) is 24.3 Å². The van der Waals surface area contributed by atoms with Crippen LogP contribution in [0.2, 0.25) is 0 Å². The van der Waals surface area contributed by atoms with Crippen LogP contribution in [0.1, 0.15) is 21.5 Å². The standard InChI is InChI=1S/C24H25NO5/c1-28-21-14-17(15-22(29-2)23(21)30-3)9-8-16-10-12-18(13-11-16)25-20-7-5-4-6-19(20)24(26)27/h4-7,10-15,25H,8-9H2,1-3H3,(H,26,27). The molecule has 0 aliphatic heterocycles. The number of benzene rings is 3. The molecule has 0 heterocycles. The molecule has 3 aromatic rings. The molecule has 0 radical (unpaired) electrons. The lowest BCUT2D eigenvalue weighted by Crippen LogP contribution is -2.02. The summed E-state index contributed by atoms with van der Waals surface area (Å²) in [7, 11) is 4.80. The van der Waals surface area contributed by atoms with Crippen LogP contribution in [0.25, 0.3) is 0 Å². The number of carbonyl (C=O) groups is 1. The van der Waals surface area contributed by atoms with Crippen LogP contribution in [0.5, 0.6) is 17.2 Å². The van der Waals surface area contributed by atoms with E-state index in [1.807, 2.05) is 36.4 Å². The second kappa shape index (κ2) is 9.69. The van der Waals surface area contributed by atoms with Crippen molar-refractivity contribution in [2.75, 3.05) is 26.6 Å². The summed E-state index contributed by atoms with van der Waals surface area (Å²) >= 11 is 0. The number of ether oxygens (including phenoxy) is 3. The Kier molecular flexibility index (Phi) is 6.80. The number of rotatable bonds is 9. The first-order chi connectivity index (χ1) is 14.5. The molecule has 0 aliphatic rings. The van der Waals surface area contributed by atoms with Gasteiger partial charge in [0.15, 0.2) is 11.5 Å². The highest BCUT2D eigenvalue weighted by atomic mass is 16.5. The Labute approximate surface area is 176 Å². The summed E-state index contributed by atoms with van der Waals surface area (Å²) in [6, 6.07) is 18.7. The zero-order chi connectivity index (χ0) is 21.5. The average Bonchev–Trinajstić information content (AvgIpc) is 2.78. The number of para-hydroxylation sites is 1. The monoisotopic (exact) mass is 407 g/mol. The number of nitrogens with one attached hydrogen (secondary N) is 1. The van der Waals surface area contributed by atoms with Gasteiger partial charge in [-0.3, -0.25) is 0 Å². The zero-order valence-electron chi connectivity index (χ0n) is 17.3. The molecule has 3 aromatic carbocycles. The normalized spacial score (nSPS) is 10.4. The summed E-state index contributed by atoms with van der Waals surface area (Å²) in [5.74, 6) is 0.910. The molecule has 30 heavy (non-hydrogen) atoms. The van der Waals surface area contributed by atoms with Gasteiger partial charge in [0.05, 0.1) is 32.6 Å². The molecule has 0 aromatic heterocycles. The van der Waals surface area contributed by atoms with Gasteiger partial charge >= 0.3 is 5.97 Å². The number of aryl methyl sites for hydroxylation is 2. The summed E-state index contributed by atoms with van der Waals surface area (Å²) in [5, 5.41) is 12.5. The summed E-state index contributed by atoms with van der Waals surface area (Å²) in [4.78, 5) is 11.4. The number of hydrogen-bond acceptors (Lipinski definition) is 5. The van der Waals surface area contributed by atoms with E-state index in [-0.39, 0.29) is 5.56 Å². The van der Waals surface area contributed by atoms with E-state index >= 15 is 0 Å². The lowest BCUT2D eigenvalue weighted by Gasteiger charge is -2.14. The topological polar surface area (TPSA) is 77.0 Å². The highest BCUT2D eigenvalue weighted by Gasteiger charge is 2.13. The van der Waals surface area contributed by atoms with Gasteiger partial charge in [-0.15, -0.1) is 0 Å². The second-order valence-corrected chi connectivity index (χ2v) is 6.71.